The lowest BCUT2D eigenvalue weighted by Gasteiger charge is -2.36. The van der Waals surface area contributed by atoms with Crippen molar-refractivity contribution in [1.82, 2.24) is 14.7 Å². The third-order valence-electron chi connectivity index (χ3n) is 3.82. The lowest BCUT2D eigenvalue weighted by Crippen LogP contribution is -2.52. The Hall–Kier alpha value is -1.89. The summed E-state index contributed by atoms with van der Waals surface area (Å²) in [7, 11) is 0. The van der Waals surface area contributed by atoms with Crippen molar-refractivity contribution in [3.05, 3.63) is 18.5 Å². The van der Waals surface area contributed by atoms with Crippen LogP contribution >= 0.6 is 0 Å². The minimum absolute atomic E-state index is 0.0591. The molecular weight excluding hydrogens is 262 g/mol. The Morgan fingerprint density at radius 1 is 1.40 bits per heavy atom. The van der Waals surface area contributed by atoms with E-state index in [1.54, 1.807) is 28.0 Å². The molecule has 110 valence electrons. The average molecular weight is 281 g/mol. The van der Waals surface area contributed by atoms with Gasteiger partial charge in [0.05, 0.1) is 0 Å². The summed E-state index contributed by atoms with van der Waals surface area (Å²) in [4.78, 5) is 25.0. The van der Waals surface area contributed by atoms with E-state index in [1.807, 2.05) is 6.92 Å². The number of hydrogen-bond donors (Lipinski definition) is 2. The van der Waals surface area contributed by atoms with Crippen LogP contribution in [0.1, 0.15) is 32.2 Å². The van der Waals surface area contributed by atoms with E-state index in [1.165, 1.54) is 0 Å². The molecule has 20 heavy (non-hydrogen) atoms. The number of likely N-dealkylation sites (tertiary alicyclic amines) is 1. The van der Waals surface area contributed by atoms with Gasteiger partial charge in [0.15, 0.2) is 5.60 Å². The van der Waals surface area contributed by atoms with Crippen molar-refractivity contribution >= 4 is 11.9 Å². The number of hydrogen-bond acceptors (Lipinski definition) is 4. The van der Waals surface area contributed by atoms with Gasteiger partial charge in [-0.2, -0.15) is 5.10 Å². The molecule has 0 aromatic carbocycles. The molecule has 1 amide bonds. The van der Waals surface area contributed by atoms with Crippen molar-refractivity contribution in [2.45, 2.75) is 37.8 Å². The Morgan fingerprint density at radius 3 is 2.50 bits per heavy atom. The number of aromatic nitrogens is 2. The van der Waals surface area contributed by atoms with Crippen LogP contribution in [-0.4, -0.2) is 55.5 Å². The van der Waals surface area contributed by atoms with Crippen molar-refractivity contribution in [3.8, 4) is 0 Å². The second-order valence-corrected chi connectivity index (χ2v) is 5.07. The van der Waals surface area contributed by atoms with Gasteiger partial charge in [0.2, 0.25) is 5.91 Å². The number of aliphatic hydroxyl groups is 1. The monoisotopic (exact) mass is 281 g/mol. The molecule has 2 heterocycles. The van der Waals surface area contributed by atoms with Crippen molar-refractivity contribution in [1.29, 1.82) is 0 Å². The quantitative estimate of drug-likeness (QED) is 0.826. The van der Waals surface area contributed by atoms with Crippen molar-refractivity contribution in [2.75, 3.05) is 13.1 Å². The maximum absolute atomic E-state index is 12.4. The highest BCUT2D eigenvalue weighted by atomic mass is 16.4. The van der Waals surface area contributed by atoms with E-state index in [4.69, 9.17) is 5.11 Å². The first-order valence-corrected chi connectivity index (χ1v) is 6.71. The zero-order valence-corrected chi connectivity index (χ0v) is 11.4. The Kier molecular flexibility index (Phi) is 4.08. The molecule has 0 saturated carbocycles. The smallest absolute Gasteiger partial charge is 0.335 e. The summed E-state index contributed by atoms with van der Waals surface area (Å²) < 4.78 is 1.61. The van der Waals surface area contributed by atoms with Crippen LogP contribution in [0.3, 0.4) is 0 Å². The Balaban J connectivity index is 2.03. The highest BCUT2D eigenvalue weighted by molar-refractivity contribution is 5.81. The topological polar surface area (TPSA) is 95.7 Å². The van der Waals surface area contributed by atoms with Crippen LogP contribution in [0.25, 0.3) is 0 Å². The molecule has 1 aromatic rings. The molecule has 0 bridgehead atoms. The molecule has 1 atom stereocenters. The highest BCUT2D eigenvalue weighted by Gasteiger charge is 2.41. The van der Waals surface area contributed by atoms with Crippen LogP contribution in [0, 0.1) is 0 Å². The number of rotatable bonds is 4. The summed E-state index contributed by atoms with van der Waals surface area (Å²) in [6.45, 7) is 2.40. The number of carbonyl (C=O) groups excluding carboxylic acids is 1. The fourth-order valence-corrected chi connectivity index (χ4v) is 2.46. The predicted octanol–water partition coefficient (Wildman–Crippen LogP) is 0.272. The summed E-state index contributed by atoms with van der Waals surface area (Å²) in [5, 5.41) is 22.9. The molecule has 1 aliphatic heterocycles. The molecule has 2 rings (SSSR count). The van der Waals surface area contributed by atoms with Crippen molar-refractivity contribution in [3.63, 3.8) is 0 Å². The van der Waals surface area contributed by atoms with Gasteiger partial charge in [-0.15, -0.1) is 0 Å². The molecule has 1 aliphatic rings. The number of piperidine rings is 1. The largest absolute Gasteiger partial charge is 0.479 e. The molecule has 7 nitrogen and oxygen atoms in total. The minimum atomic E-state index is -1.70. The lowest BCUT2D eigenvalue weighted by molar-refractivity contribution is -0.165. The van der Waals surface area contributed by atoms with Gasteiger partial charge in [-0.05, 0) is 12.5 Å². The first-order valence-electron chi connectivity index (χ1n) is 6.71. The van der Waals surface area contributed by atoms with E-state index >= 15 is 0 Å². The molecule has 0 unspecified atom stereocenters. The normalized spacial score (nSPS) is 19.6. The predicted molar refractivity (Wildman–Crippen MR) is 70.0 cm³/mol. The molecular formula is C13H19N3O4. The lowest BCUT2D eigenvalue weighted by atomic mass is 9.91. The molecule has 0 spiro atoms. The van der Waals surface area contributed by atoms with E-state index in [0.29, 0.717) is 6.42 Å². The second kappa shape index (κ2) is 5.62. The van der Waals surface area contributed by atoms with Crippen LogP contribution in [0.2, 0.25) is 0 Å². The van der Waals surface area contributed by atoms with Crippen LogP contribution in [0.15, 0.2) is 18.5 Å². The minimum Gasteiger partial charge on any atom is -0.479 e. The highest BCUT2D eigenvalue weighted by Crippen LogP contribution is 2.25. The number of nitrogens with zero attached hydrogens (tertiary/aromatic N) is 3. The third kappa shape index (κ3) is 2.67. The van der Waals surface area contributed by atoms with Gasteiger partial charge in [-0.25, -0.2) is 4.79 Å². The van der Waals surface area contributed by atoms with Crippen LogP contribution in [-0.2, 0) is 9.59 Å². The zero-order valence-electron chi connectivity index (χ0n) is 11.4. The fraction of sp³-hybridized carbons (Fsp3) is 0.615. The summed E-state index contributed by atoms with van der Waals surface area (Å²) in [6, 6.07) is 1.39. The van der Waals surface area contributed by atoms with Crippen molar-refractivity contribution < 1.29 is 19.8 Å². The Bertz CT molecular complexity index is 478. The third-order valence-corrected chi connectivity index (χ3v) is 3.82. The Morgan fingerprint density at radius 2 is 2.05 bits per heavy atom. The number of carbonyl (C=O) groups is 2. The Labute approximate surface area is 116 Å². The van der Waals surface area contributed by atoms with E-state index < -0.39 is 11.6 Å². The van der Waals surface area contributed by atoms with Gasteiger partial charge in [-0.1, -0.05) is 6.92 Å². The summed E-state index contributed by atoms with van der Waals surface area (Å²) in [5.41, 5.74) is -1.70. The number of carboxylic acids is 1. The standard InChI is InChI=1S/C13H19N3O4/c1-2-10(16-7-3-6-14-16)11(17)15-8-4-13(20,5-9-15)12(18)19/h3,6-7,10,20H,2,4-5,8-9H2,1H3,(H,18,19)/t10-/m0/s1. The first-order chi connectivity index (χ1) is 9.48. The van der Waals surface area contributed by atoms with Gasteiger partial charge < -0.3 is 15.1 Å². The molecule has 1 aromatic heterocycles. The number of aliphatic carboxylic acids is 1. The molecule has 0 aliphatic carbocycles. The molecule has 1 saturated heterocycles. The fourth-order valence-electron chi connectivity index (χ4n) is 2.46. The van der Waals surface area contributed by atoms with Crippen LogP contribution in [0.5, 0.6) is 0 Å². The summed E-state index contributed by atoms with van der Waals surface area (Å²) in [6.07, 6.45) is 4.09. The molecule has 2 N–H and O–H groups in total. The van der Waals surface area contributed by atoms with E-state index in [2.05, 4.69) is 5.10 Å². The summed E-state index contributed by atoms with van der Waals surface area (Å²) >= 11 is 0. The van der Waals surface area contributed by atoms with Crippen LogP contribution < -0.4 is 0 Å². The number of amides is 1. The summed E-state index contributed by atoms with van der Waals surface area (Å²) in [5.74, 6) is -1.30. The molecule has 7 heteroatoms. The van der Waals surface area contributed by atoms with E-state index in [9.17, 15) is 14.7 Å². The van der Waals surface area contributed by atoms with Gasteiger partial charge in [0.25, 0.3) is 0 Å². The average Bonchev–Trinajstić information content (AvgIpc) is 2.94. The molecule has 0 radical (unpaired) electrons. The number of carboxylic acid groups (broad SMARTS) is 1. The maximum atomic E-state index is 12.4. The zero-order chi connectivity index (χ0) is 14.8. The van der Waals surface area contributed by atoms with E-state index in [-0.39, 0.29) is 37.9 Å². The maximum Gasteiger partial charge on any atom is 0.335 e. The first kappa shape index (κ1) is 14.5. The van der Waals surface area contributed by atoms with Gasteiger partial charge in [0, 0.05) is 38.3 Å². The van der Waals surface area contributed by atoms with Crippen LogP contribution in [0.4, 0.5) is 0 Å². The SMILES string of the molecule is CC[C@@H](C(=O)N1CCC(O)(C(=O)O)CC1)n1cccn1. The van der Waals surface area contributed by atoms with Gasteiger partial charge in [0.1, 0.15) is 6.04 Å². The molecule has 1 fully saturated rings. The van der Waals surface area contributed by atoms with Gasteiger partial charge >= 0.3 is 5.97 Å². The second-order valence-electron chi connectivity index (χ2n) is 5.07. The van der Waals surface area contributed by atoms with Crippen molar-refractivity contribution in [2.24, 2.45) is 0 Å². The van der Waals surface area contributed by atoms with E-state index in [0.717, 1.165) is 0 Å². The van der Waals surface area contributed by atoms with Gasteiger partial charge in [-0.3, -0.25) is 9.48 Å².